The standard InChI is InChI=1S/C19H16F3NO2/c1-23-18-16(13-8-5-9-14(11-13)19(20,21)22)17(24)15(25-18)10-12-6-3-2-4-7-12/h2-9,11,23-24H,10H2,1H3. The Hall–Kier alpha value is -2.89. The van der Waals surface area contributed by atoms with Crippen LogP contribution in [-0.4, -0.2) is 12.2 Å². The Balaban J connectivity index is 2.05. The van der Waals surface area contributed by atoms with Crippen molar-refractivity contribution in [1.29, 1.82) is 0 Å². The predicted octanol–water partition coefficient (Wildman–Crippen LogP) is 5.30. The Morgan fingerprint density at radius 3 is 2.40 bits per heavy atom. The van der Waals surface area contributed by atoms with Crippen LogP contribution in [0.4, 0.5) is 19.1 Å². The van der Waals surface area contributed by atoms with Crippen LogP contribution >= 0.6 is 0 Å². The van der Waals surface area contributed by atoms with Gasteiger partial charge in [0.1, 0.15) is 0 Å². The molecule has 2 N–H and O–H groups in total. The van der Waals surface area contributed by atoms with Gasteiger partial charge in [0.15, 0.2) is 11.5 Å². The second-order valence-corrected chi connectivity index (χ2v) is 5.57. The smallest absolute Gasteiger partial charge is 0.416 e. The topological polar surface area (TPSA) is 45.4 Å². The monoisotopic (exact) mass is 347 g/mol. The van der Waals surface area contributed by atoms with Crippen molar-refractivity contribution in [2.75, 3.05) is 12.4 Å². The molecule has 1 heterocycles. The first kappa shape index (κ1) is 17.0. The molecule has 0 spiro atoms. The molecule has 25 heavy (non-hydrogen) atoms. The summed E-state index contributed by atoms with van der Waals surface area (Å²) in [6.07, 6.45) is -4.12. The molecule has 0 atom stereocenters. The van der Waals surface area contributed by atoms with Gasteiger partial charge in [-0.25, -0.2) is 0 Å². The Morgan fingerprint density at radius 1 is 1.04 bits per heavy atom. The number of alkyl halides is 3. The first-order valence-corrected chi connectivity index (χ1v) is 7.64. The summed E-state index contributed by atoms with van der Waals surface area (Å²) in [5, 5.41) is 13.3. The van der Waals surface area contributed by atoms with Crippen LogP contribution in [-0.2, 0) is 12.6 Å². The van der Waals surface area contributed by atoms with Gasteiger partial charge in [0, 0.05) is 13.5 Å². The third kappa shape index (κ3) is 3.47. The van der Waals surface area contributed by atoms with Crippen molar-refractivity contribution in [2.24, 2.45) is 0 Å². The van der Waals surface area contributed by atoms with E-state index in [9.17, 15) is 18.3 Å². The summed E-state index contributed by atoms with van der Waals surface area (Å²) in [6.45, 7) is 0. The van der Waals surface area contributed by atoms with Gasteiger partial charge in [0.2, 0.25) is 5.88 Å². The summed E-state index contributed by atoms with van der Waals surface area (Å²) >= 11 is 0. The molecule has 0 unspecified atom stereocenters. The van der Waals surface area contributed by atoms with Crippen molar-refractivity contribution < 1.29 is 22.7 Å². The Labute approximate surface area is 142 Å². The van der Waals surface area contributed by atoms with E-state index in [0.717, 1.165) is 17.7 Å². The molecule has 0 fully saturated rings. The van der Waals surface area contributed by atoms with Crippen LogP contribution in [0.15, 0.2) is 59.0 Å². The second-order valence-electron chi connectivity index (χ2n) is 5.57. The maximum absolute atomic E-state index is 13.0. The fraction of sp³-hybridized carbons (Fsp3) is 0.158. The number of benzene rings is 2. The number of hydrogen-bond acceptors (Lipinski definition) is 3. The molecular formula is C19H16F3NO2. The zero-order valence-corrected chi connectivity index (χ0v) is 13.4. The molecule has 3 aromatic rings. The number of halogens is 3. The molecule has 3 nitrogen and oxygen atoms in total. The molecule has 0 amide bonds. The Bertz CT molecular complexity index is 870. The van der Waals surface area contributed by atoms with E-state index in [-0.39, 0.29) is 22.8 Å². The lowest BCUT2D eigenvalue weighted by Gasteiger charge is -2.09. The number of anilines is 1. The van der Waals surface area contributed by atoms with Crippen molar-refractivity contribution >= 4 is 5.88 Å². The van der Waals surface area contributed by atoms with Crippen LogP contribution in [0.1, 0.15) is 16.9 Å². The summed E-state index contributed by atoms with van der Waals surface area (Å²) < 4.78 is 44.5. The quantitative estimate of drug-likeness (QED) is 0.673. The van der Waals surface area contributed by atoms with E-state index in [1.807, 2.05) is 30.3 Å². The molecule has 130 valence electrons. The summed E-state index contributed by atoms with van der Waals surface area (Å²) in [7, 11) is 1.59. The lowest BCUT2D eigenvalue weighted by atomic mass is 10.0. The zero-order valence-electron chi connectivity index (χ0n) is 13.4. The lowest BCUT2D eigenvalue weighted by molar-refractivity contribution is -0.137. The van der Waals surface area contributed by atoms with Gasteiger partial charge < -0.3 is 14.8 Å². The van der Waals surface area contributed by atoms with Gasteiger partial charge in [-0.2, -0.15) is 13.2 Å². The fourth-order valence-corrected chi connectivity index (χ4v) is 2.67. The van der Waals surface area contributed by atoms with Crippen molar-refractivity contribution in [1.82, 2.24) is 0 Å². The minimum Gasteiger partial charge on any atom is -0.504 e. The number of nitrogens with one attached hydrogen (secondary N) is 1. The highest BCUT2D eigenvalue weighted by Gasteiger charge is 2.31. The Kier molecular flexibility index (Phi) is 4.44. The molecule has 0 radical (unpaired) electrons. The van der Waals surface area contributed by atoms with Crippen LogP contribution in [0.2, 0.25) is 0 Å². The summed E-state index contributed by atoms with van der Waals surface area (Å²) in [4.78, 5) is 0. The first-order chi connectivity index (χ1) is 11.9. The summed E-state index contributed by atoms with van der Waals surface area (Å²) in [5.41, 5.74) is 0.598. The molecule has 0 saturated carbocycles. The molecule has 0 aliphatic rings. The van der Waals surface area contributed by atoms with Crippen LogP contribution < -0.4 is 5.32 Å². The number of furan rings is 1. The SMILES string of the molecule is CNc1oc(Cc2ccccc2)c(O)c1-c1cccc(C(F)(F)F)c1. The highest BCUT2D eigenvalue weighted by atomic mass is 19.4. The van der Waals surface area contributed by atoms with Gasteiger partial charge in [-0.05, 0) is 23.3 Å². The highest BCUT2D eigenvalue weighted by molar-refractivity contribution is 5.81. The van der Waals surface area contributed by atoms with E-state index >= 15 is 0 Å². The van der Waals surface area contributed by atoms with Crippen LogP contribution in [0.5, 0.6) is 5.75 Å². The number of aromatic hydroxyl groups is 1. The number of rotatable bonds is 4. The molecule has 2 aromatic carbocycles. The largest absolute Gasteiger partial charge is 0.504 e. The molecule has 3 rings (SSSR count). The second kappa shape index (κ2) is 6.55. The van der Waals surface area contributed by atoms with Crippen molar-refractivity contribution in [3.63, 3.8) is 0 Å². The average Bonchev–Trinajstić information content (AvgIpc) is 2.91. The van der Waals surface area contributed by atoms with Crippen LogP contribution in [0.25, 0.3) is 11.1 Å². The van der Waals surface area contributed by atoms with Gasteiger partial charge >= 0.3 is 6.18 Å². The van der Waals surface area contributed by atoms with E-state index in [0.29, 0.717) is 12.2 Å². The van der Waals surface area contributed by atoms with Gasteiger partial charge in [-0.15, -0.1) is 0 Å². The van der Waals surface area contributed by atoms with Crippen molar-refractivity contribution in [3.05, 3.63) is 71.5 Å². The predicted molar refractivity (Wildman–Crippen MR) is 89.6 cm³/mol. The van der Waals surface area contributed by atoms with E-state index in [1.54, 1.807) is 7.05 Å². The molecule has 1 aromatic heterocycles. The maximum atomic E-state index is 13.0. The molecule has 0 aliphatic carbocycles. The third-order valence-electron chi connectivity index (χ3n) is 3.87. The summed E-state index contributed by atoms with van der Waals surface area (Å²) in [6, 6.07) is 14.2. The van der Waals surface area contributed by atoms with E-state index in [4.69, 9.17) is 4.42 Å². The third-order valence-corrected chi connectivity index (χ3v) is 3.87. The molecule has 6 heteroatoms. The zero-order chi connectivity index (χ0) is 18.0. The molecule has 0 bridgehead atoms. The Morgan fingerprint density at radius 2 is 1.76 bits per heavy atom. The minimum atomic E-state index is -4.46. The van der Waals surface area contributed by atoms with E-state index in [2.05, 4.69) is 5.32 Å². The van der Waals surface area contributed by atoms with Gasteiger partial charge in [-0.3, -0.25) is 0 Å². The fourth-order valence-electron chi connectivity index (χ4n) is 2.67. The van der Waals surface area contributed by atoms with Gasteiger partial charge in [0.25, 0.3) is 0 Å². The molecule has 0 saturated heterocycles. The lowest BCUT2D eigenvalue weighted by Crippen LogP contribution is -2.04. The van der Waals surface area contributed by atoms with E-state index < -0.39 is 11.7 Å². The average molecular weight is 347 g/mol. The molecular weight excluding hydrogens is 331 g/mol. The highest BCUT2D eigenvalue weighted by Crippen LogP contribution is 2.43. The normalized spacial score (nSPS) is 11.5. The van der Waals surface area contributed by atoms with Gasteiger partial charge in [-0.1, -0.05) is 42.5 Å². The molecule has 0 aliphatic heterocycles. The first-order valence-electron chi connectivity index (χ1n) is 7.64. The maximum Gasteiger partial charge on any atom is 0.416 e. The van der Waals surface area contributed by atoms with Crippen molar-refractivity contribution in [3.8, 4) is 16.9 Å². The summed E-state index contributed by atoms with van der Waals surface area (Å²) in [5.74, 6) is 0.359. The van der Waals surface area contributed by atoms with Crippen LogP contribution in [0, 0.1) is 0 Å². The number of hydrogen-bond donors (Lipinski definition) is 2. The van der Waals surface area contributed by atoms with Gasteiger partial charge in [0.05, 0.1) is 11.1 Å². The van der Waals surface area contributed by atoms with Crippen LogP contribution in [0.3, 0.4) is 0 Å². The minimum absolute atomic E-state index is 0.160. The van der Waals surface area contributed by atoms with Crippen molar-refractivity contribution in [2.45, 2.75) is 12.6 Å². The van der Waals surface area contributed by atoms with E-state index in [1.165, 1.54) is 12.1 Å².